The van der Waals surface area contributed by atoms with E-state index < -0.39 is 29.2 Å². The van der Waals surface area contributed by atoms with Gasteiger partial charge in [-0.05, 0) is 19.4 Å². The molecular formula is C14H18F2N2O3. The lowest BCUT2D eigenvalue weighted by Gasteiger charge is -2.25. The van der Waals surface area contributed by atoms with E-state index in [0.717, 1.165) is 18.9 Å². The van der Waals surface area contributed by atoms with Crippen LogP contribution in [0.4, 0.5) is 19.3 Å². The van der Waals surface area contributed by atoms with Crippen LogP contribution in [0.3, 0.4) is 0 Å². The molecule has 1 aromatic carbocycles. The maximum Gasteiger partial charge on any atom is 0.338 e. The van der Waals surface area contributed by atoms with Gasteiger partial charge in [-0.3, -0.25) is 0 Å². The third kappa shape index (κ3) is 4.14. The third-order valence-electron chi connectivity index (χ3n) is 3.22. The second-order valence-corrected chi connectivity index (χ2v) is 4.80. The number of carbonyl (C=O) groups is 2. The van der Waals surface area contributed by atoms with Gasteiger partial charge in [0.2, 0.25) is 0 Å². The number of hydrogen-bond donors (Lipinski definition) is 2. The van der Waals surface area contributed by atoms with Gasteiger partial charge in [0.05, 0.1) is 11.3 Å². The van der Waals surface area contributed by atoms with E-state index in [2.05, 4.69) is 5.32 Å². The minimum atomic E-state index is -1.53. The summed E-state index contributed by atoms with van der Waals surface area (Å²) in [7, 11) is 1.55. The van der Waals surface area contributed by atoms with Crippen molar-refractivity contribution in [2.45, 2.75) is 32.7 Å². The van der Waals surface area contributed by atoms with Crippen LogP contribution in [0, 0.1) is 11.6 Å². The van der Waals surface area contributed by atoms with Crippen LogP contribution in [0.2, 0.25) is 0 Å². The Hall–Kier alpha value is -2.18. The first kappa shape index (κ1) is 16.9. The number of urea groups is 1. The molecular weight excluding hydrogens is 282 g/mol. The molecule has 0 aliphatic rings. The van der Waals surface area contributed by atoms with Gasteiger partial charge in [-0.15, -0.1) is 0 Å². The van der Waals surface area contributed by atoms with Crippen LogP contribution in [-0.4, -0.2) is 35.1 Å². The van der Waals surface area contributed by atoms with Gasteiger partial charge in [0.1, 0.15) is 11.6 Å². The van der Waals surface area contributed by atoms with Crippen LogP contribution in [0.15, 0.2) is 12.1 Å². The number of hydrogen-bond acceptors (Lipinski definition) is 2. The molecule has 0 spiro atoms. The normalized spacial score (nSPS) is 11.9. The molecule has 0 saturated carbocycles. The maximum atomic E-state index is 13.6. The fraction of sp³-hybridized carbons (Fsp3) is 0.429. The highest BCUT2D eigenvalue weighted by Gasteiger charge is 2.19. The van der Waals surface area contributed by atoms with E-state index in [1.54, 1.807) is 7.05 Å². The molecule has 1 unspecified atom stereocenters. The number of rotatable bonds is 5. The van der Waals surface area contributed by atoms with Gasteiger partial charge >= 0.3 is 12.0 Å². The molecule has 1 atom stereocenters. The van der Waals surface area contributed by atoms with Crippen LogP contribution in [-0.2, 0) is 0 Å². The van der Waals surface area contributed by atoms with Crippen LogP contribution < -0.4 is 5.32 Å². The molecule has 0 aliphatic heterocycles. The number of amides is 2. The average Bonchev–Trinajstić information content (AvgIpc) is 2.40. The van der Waals surface area contributed by atoms with Gasteiger partial charge in [-0.25, -0.2) is 18.4 Å². The van der Waals surface area contributed by atoms with Gasteiger partial charge < -0.3 is 15.3 Å². The maximum absolute atomic E-state index is 13.6. The van der Waals surface area contributed by atoms with E-state index >= 15 is 0 Å². The molecule has 2 amide bonds. The SMILES string of the molecule is CCCC(C)N(C)C(=O)Nc1cc(C(=O)O)c(F)cc1F. The monoisotopic (exact) mass is 300 g/mol. The second kappa shape index (κ2) is 7.01. The van der Waals surface area contributed by atoms with Gasteiger partial charge in [0, 0.05) is 19.2 Å². The fourth-order valence-corrected chi connectivity index (χ4v) is 1.82. The predicted molar refractivity (Wildman–Crippen MR) is 74.5 cm³/mol. The molecule has 0 bridgehead atoms. The number of carbonyl (C=O) groups excluding carboxylic acids is 1. The van der Waals surface area contributed by atoms with Crippen LogP contribution >= 0.6 is 0 Å². The third-order valence-corrected chi connectivity index (χ3v) is 3.22. The first-order valence-electron chi connectivity index (χ1n) is 6.54. The lowest BCUT2D eigenvalue weighted by atomic mass is 10.1. The number of anilines is 1. The number of carboxylic acid groups (broad SMARTS) is 1. The number of carboxylic acids is 1. The number of nitrogens with zero attached hydrogens (tertiary/aromatic N) is 1. The van der Waals surface area contributed by atoms with E-state index in [4.69, 9.17) is 5.11 Å². The van der Waals surface area contributed by atoms with E-state index in [0.29, 0.717) is 6.07 Å². The quantitative estimate of drug-likeness (QED) is 0.876. The molecule has 2 N–H and O–H groups in total. The second-order valence-electron chi connectivity index (χ2n) is 4.80. The Morgan fingerprint density at radius 1 is 1.33 bits per heavy atom. The van der Waals surface area contributed by atoms with Gasteiger partial charge in [0.15, 0.2) is 0 Å². The summed E-state index contributed by atoms with van der Waals surface area (Å²) in [5.74, 6) is -3.75. The minimum Gasteiger partial charge on any atom is -0.478 e. The lowest BCUT2D eigenvalue weighted by molar-refractivity contribution is 0.0691. The number of benzene rings is 1. The van der Waals surface area contributed by atoms with E-state index in [1.165, 1.54) is 4.90 Å². The topological polar surface area (TPSA) is 69.6 Å². The molecule has 1 rings (SSSR count). The Bertz CT molecular complexity index is 549. The van der Waals surface area contributed by atoms with Crippen molar-refractivity contribution in [1.82, 2.24) is 4.90 Å². The fourth-order valence-electron chi connectivity index (χ4n) is 1.82. The standard InChI is InChI=1S/C14H18F2N2O3/c1-4-5-8(2)18(3)14(21)17-12-6-9(13(19)20)10(15)7-11(12)16/h6-8H,4-5H2,1-3H3,(H,17,21)(H,19,20). The summed E-state index contributed by atoms with van der Waals surface area (Å²) >= 11 is 0. The van der Waals surface area contributed by atoms with Gasteiger partial charge in [0.25, 0.3) is 0 Å². The zero-order valence-corrected chi connectivity index (χ0v) is 12.1. The Morgan fingerprint density at radius 2 is 1.95 bits per heavy atom. The smallest absolute Gasteiger partial charge is 0.338 e. The summed E-state index contributed by atoms with van der Waals surface area (Å²) in [6.07, 6.45) is 1.66. The van der Waals surface area contributed by atoms with Crippen LogP contribution in [0.1, 0.15) is 37.0 Å². The van der Waals surface area contributed by atoms with Crippen molar-refractivity contribution < 1.29 is 23.5 Å². The Kier molecular flexibility index (Phi) is 5.63. The summed E-state index contributed by atoms with van der Waals surface area (Å²) in [5.41, 5.74) is -1.06. The molecule has 21 heavy (non-hydrogen) atoms. The van der Waals surface area contributed by atoms with Crippen molar-refractivity contribution in [1.29, 1.82) is 0 Å². The number of aromatic carboxylic acids is 1. The van der Waals surface area contributed by atoms with E-state index in [-0.39, 0.29) is 11.7 Å². The van der Waals surface area contributed by atoms with E-state index in [1.807, 2.05) is 13.8 Å². The Morgan fingerprint density at radius 3 is 2.48 bits per heavy atom. The molecule has 0 aromatic heterocycles. The molecule has 0 saturated heterocycles. The molecule has 0 radical (unpaired) electrons. The van der Waals surface area contributed by atoms with Crippen LogP contribution in [0.25, 0.3) is 0 Å². The first-order chi connectivity index (χ1) is 9.77. The lowest BCUT2D eigenvalue weighted by Crippen LogP contribution is -2.38. The molecule has 0 heterocycles. The van der Waals surface area contributed by atoms with E-state index in [9.17, 15) is 18.4 Å². The highest BCUT2D eigenvalue weighted by atomic mass is 19.1. The molecule has 7 heteroatoms. The zero-order valence-electron chi connectivity index (χ0n) is 12.1. The van der Waals surface area contributed by atoms with Gasteiger partial charge in [-0.1, -0.05) is 13.3 Å². The molecule has 116 valence electrons. The predicted octanol–water partition coefficient (Wildman–Crippen LogP) is 3.32. The first-order valence-corrected chi connectivity index (χ1v) is 6.54. The summed E-state index contributed by atoms with van der Waals surface area (Å²) in [6, 6.07) is 0.563. The Labute approximate surface area is 121 Å². The Balaban J connectivity index is 2.95. The van der Waals surface area contributed by atoms with Crippen molar-refractivity contribution in [3.63, 3.8) is 0 Å². The number of nitrogens with one attached hydrogen (secondary N) is 1. The minimum absolute atomic E-state index is 0.0579. The molecule has 5 nitrogen and oxygen atoms in total. The average molecular weight is 300 g/mol. The largest absolute Gasteiger partial charge is 0.478 e. The zero-order chi connectivity index (χ0) is 16.2. The van der Waals surface area contributed by atoms with Crippen molar-refractivity contribution in [2.24, 2.45) is 0 Å². The number of halogens is 2. The van der Waals surface area contributed by atoms with Crippen LogP contribution in [0.5, 0.6) is 0 Å². The highest BCUT2D eigenvalue weighted by molar-refractivity contribution is 5.93. The summed E-state index contributed by atoms with van der Waals surface area (Å²) in [6.45, 7) is 3.81. The molecule has 0 fully saturated rings. The van der Waals surface area contributed by atoms with Crippen molar-refractivity contribution >= 4 is 17.7 Å². The molecule has 1 aromatic rings. The summed E-state index contributed by atoms with van der Waals surface area (Å²) in [5, 5.41) is 11.1. The van der Waals surface area contributed by atoms with Crippen molar-refractivity contribution in [2.75, 3.05) is 12.4 Å². The van der Waals surface area contributed by atoms with Gasteiger partial charge in [-0.2, -0.15) is 0 Å². The summed E-state index contributed by atoms with van der Waals surface area (Å²) < 4.78 is 26.9. The molecule has 0 aliphatic carbocycles. The summed E-state index contributed by atoms with van der Waals surface area (Å²) in [4.78, 5) is 24.1. The van der Waals surface area contributed by atoms with Crippen molar-refractivity contribution in [3.05, 3.63) is 29.3 Å². The van der Waals surface area contributed by atoms with Crippen molar-refractivity contribution in [3.8, 4) is 0 Å². The highest BCUT2D eigenvalue weighted by Crippen LogP contribution is 2.20.